The van der Waals surface area contributed by atoms with Gasteiger partial charge in [-0.2, -0.15) is 11.8 Å². The number of halogens is 1. The van der Waals surface area contributed by atoms with E-state index >= 15 is 0 Å². The first kappa shape index (κ1) is 15.3. The third-order valence-electron chi connectivity index (χ3n) is 3.71. The van der Waals surface area contributed by atoms with E-state index in [1.807, 2.05) is 11.8 Å². The maximum absolute atomic E-state index is 13.2. The maximum atomic E-state index is 13.2. The Balaban J connectivity index is 1.74. The Morgan fingerprint density at radius 1 is 1.59 bits per heavy atom. The Morgan fingerprint density at radius 3 is 3.27 bits per heavy atom. The summed E-state index contributed by atoms with van der Waals surface area (Å²) in [6.45, 7) is 1.37. The second-order valence-electron chi connectivity index (χ2n) is 5.20. The molecule has 2 heterocycles. The molecule has 118 valence electrons. The van der Waals surface area contributed by atoms with Crippen LogP contribution >= 0.6 is 11.8 Å². The van der Waals surface area contributed by atoms with Crippen molar-refractivity contribution >= 4 is 28.8 Å². The van der Waals surface area contributed by atoms with Crippen molar-refractivity contribution in [3.05, 3.63) is 29.9 Å². The molecule has 0 spiro atoms. The molecule has 1 aromatic carbocycles. The van der Waals surface area contributed by atoms with Gasteiger partial charge in [-0.1, -0.05) is 0 Å². The number of fused-ring (bicyclic) bond motifs is 1. The summed E-state index contributed by atoms with van der Waals surface area (Å²) in [6, 6.07) is 4.42. The van der Waals surface area contributed by atoms with E-state index in [0.717, 1.165) is 18.1 Å². The molecule has 1 atom stereocenters. The molecule has 1 aliphatic rings. The van der Waals surface area contributed by atoms with Gasteiger partial charge in [-0.15, -0.1) is 0 Å². The molecule has 0 N–H and O–H groups in total. The van der Waals surface area contributed by atoms with Crippen LogP contribution in [0.4, 0.5) is 4.39 Å². The monoisotopic (exact) mass is 324 g/mol. The van der Waals surface area contributed by atoms with Crippen molar-refractivity contribution in [2.75, 3.05) is 25.2 Å². The van der Waals surface area contributed by atoms with Crippen LogP contribution in [0.25, 0.3) is 11.1 Å². The van der Waals surface area contributed by atoms with Crippen molar-refractivity contribution in [1.29, 1.82) is 0 Å². The minimum atomic E-state index is -0.340. The zero-order valence-electron chi connectivity index (χ0n) is 12.3. The number of carbonyl (C=O) groups is 1. The van der Waals surface area contributed by atoms with Gasteiger partial charge in [0.15, 0.2) is 5.58 Å². The Hall–Kier alpha value is -1.60. The summed E-state index contributed by atoms with van der Waals surface area (Å²) in [7, 11) is 1.40. The van der Waals surface area contributed by atoms with Crippen LogP contribution < -0.4 is 0 Å². The first-order valence-corrected chi connectivity index (χ1v) is 8.25. The van der Waals surface area contributed by atoms with Crippen LogP contribution in [-0.2, 0) is 16.1 Å². The van der Waals surface area contributed by atoms with E-state index in [1.54, 1.807) is 6.07 Å². The smallest absolute Gasteiger partial charge is 0.307 e. The number of hydrogen-bond donors (Lipinski definition) is 0. The standard InChI is InChI=1S/C15H17FN2O3S/c1-20-15(19)7-11-9-22-5-4-18(11)8-14-17-12-3-2-10(16)6-13(12)21-14/h2-3,6,11H,4-5,7-9H2,1H3/t11-/m1/s1. The van der Waals surface area contributed by atoms with Gasteiger partial charge in [0.25, 0.3) is 0 Å². The molecule has 0 saturated carbocycles. The molecule has 1 saturated heterocycles. The highest BCUT2D eigenvalue weighted by Crippen LogP contribution is 2.23. The molecule has 1 fully saturated rings. The number of nitrogens with zero attached hydrogens (tertiary/aromatic N) is 2. The molecule has 3 rings (SSSR count). The lowest BCUT2D eigenvalue weighted by Gasteiger charge is -2.33. The van der Waals surface area contributed by atoms with Crippen molar-refractivity contribution in [2.24, 2.45) is 0 Å². The number of hydrogen-bond acceptors (Lipinski definition) is 6. The molecule has 0 bridgehead atoms. The number of rotatable bonds is 4. The van der Waals surface area contributed by atoms with E-state index in [0.29, 0.717) is 30.0 Å². The zero-order chi connectivity index (χ0) is 15.5. The minimum absolute atomic E-state index is 0.109. The third kappa shape index (κ3) is 3.41. The number of carbonyl (C=O) groups excluding carboxylic acids is 1. The van der Waals surface area contributed by atoms with Crippen LogP contribution in [0.2, 0.25) is 0 Å². The van der Waals surface area contributed by atoms with Gasteiger partial charge < -0.3 is 9.15 Å². The summed E-state index contributed by atoms with van der Waals surface area (Å²) in [4.78, 5) is 18.1. The van der Waals surface area contributed by atoms with Gasteiger partial charge in [0.2, 0.25) is 5.89 Å². The number of ether oxygens (including phenoxy) is 1. The molecule has 0 aliphatic carbocycles. The highest BCUT2D eigenvalue weighted by molar-refractivity contribution is 7.99. The molecular weight excluding hydrogens is 307 g/mol. The van der Waals surface area contributed by atoms with Crippen molar-refractivity contribution in [1.82, 2.24) is 9.88 Å². The second kappa shape index (κ2) is 6.66. The first-order chi connectivity index (χ1) is 10.7. The molecule has 5 nitrogen and oxygen atoms in total. The molecule has 2 aromatic rings. The van der Waals surface area contributed by atoms with Gasteiger partial charge in [0.05, 0.1) is 20.1 Å². The molecular formula is C15H17FN2O3S. The largest absolute Gasteiger partial charge is 0.469 e. The Labute approximate surface area is 131 Å². The van der Waals surface area contributed by atoms with E-state index in [-0.39, 0.29) is 17.8 Å². The van der Waals surface area contributed by atoms with Crippen LogP contribution in [0.15, 0.2) is 22.6 Å². The minimum Gasteiger partial charge on any atom is -0.469 e. The number of thioether (sulfide) groups is 1. The molecule has 0 radical (unpaired) electrons. The van der Waals surface area contributed by atoms with Crippen molar-refractivity contribution in [2.45, 2.75) is 19.0 Å². The highest BCUT2D eigenvalue weighted by Gasteiger charge is 2.26. The Bertz CT molecular complexity index is 676. The quantitative estimate of drug-likeness (QED) is 0.805. The SMILES string of the molecule is COC(=O)C[C@@H]1CSCCN1Cc1nc2ccc(F)cc2o1. The average Bonchev–Trinajstić information content (AvgIpc) is 2.90. The van der Waals surface area contributed by atoms with Gasteiger partial charge >= 0.3 is 5.97 Å². The van der Waals surface area contributed by atoms with Crippen LogP contribution in [0.1, 0.15) is 12.3 Å². The molecule has 22 heavy (non-hydrogen) atoms. The molecule has 1 aromatic heterocycles. The van der Waals surface area contributed by atoms with Gasteiger partial charge in [0.1, 0.15) is 11.3 Å². The normalized spacial score (nSPS) is 19.5. The highest BCUT2D eigenvalue weighted by atomic mass is 32.2. The van der Waals surface area contributed by atoms with E-state index in [9.17, 15) is 9.18 Å². The number of oxazole rings is 1. The first-order valence-electron chi connectivity index (χ1n) is 7.09. The van der Waals surface area contributed by atoms with Crippen LogP contribution in [0, 0.1) is 5.82 Å². The third-order valence-corrected chi connectivity index (χ3v) is 4.80. The molecule has 0 unspecified atom stereocenters. The lowest BCUT2D eigenvalue weighted by atomic mass is 10.2. The summed E-state index contributed by atoms with van der Waals surface area (Å²) in [5.74, 6) is 1.88. The van der Waals surface area contributed by atoms with E-state index in [1.165, 1.54) is 19.2 Å². The van der Waals surface area contributed by atoms with Crippen molar-refractivity contribution in [3.8, 4) is 0 Å². The summed E-state index contributed by atoms with van der Waals surface area (Å²) in [6.07, 6.45) is 0.359. The second-order valence-corrected chi connectivity index (χ2v) is 6.35. The number of methoxy groups -OCH3 is 1. The van der Waals surface area contributed by atoms with Crippen LogP contribution in [0.3, 0.4) is 0 Å². The van der Waals surface area contributed by atoms with Gasteiger partial charge in [-0.05, 0) is 12.1 Å². The topological polar surface area (TPSA) is 55.6 Å². The number of esters is 1. The lowest BCUT2D eigenvalue weighted by Crippen LogP contribution is -2.43. The van der Waals surface area contributed by atoms with Crippen LogP contribution in [-0.4, -0.2) is 47.1 Å². The van der Waals surface area contributed by atoms with Gasteiger partial charge in [0, 0.05) is 30.2 Å². The Morgan fingerprint density at radius 2 is 2.45 bits per heavy atom. The van der Waals surface area contributed by atoms with Crippen LogP contribution in [0.5, 0.6) is 0 Å². The van der Waals surface area contributed by atoms with E-state index < -0.39 is 0 Å². The van der Waals surface area contributed by atoms with Gasteiger partial charge in [-0.3, -0.25) is 9.69 Å². The van der Waals surface area contributed by atoms with E-state index in [2.05, 4.69) is 9.88 Å². The van der Waals surface area contributed by atoms with Crippen molar-refractivity contribution < 1.29 is 18.3 Å². The predicted octanol–water partition coefficient (Wildman–Crippen LogP) is 2.45. The predicted molar refractivity (Wildman–Crippen MR) is 82.1 cm³/mol. The maximum Gasteiger partial charge on any atom is 0.307 e. The molecule has 0 amide bonds. The molecule has 1 aliphatic heterocycles. The summed E-state index contributed by atoms with van der Waals surface area (Å²) >= 11 is 1.83. The zero-order valence-corrected chi connectivity index (χ0v) is 13.1. The summed E-state index contributed by atoms with van der Waals surface area (Å²) < 4.78 is 23.6. The summed E-state index contributed by atoms with van der Waals surface area (Å²) in [5, 5.41) is 0. The number of benzene rings is 1. The fourth-order valence-electron chi connectivity index (χ4n) is 2.55. The van der Waals surface area contributed by atoms with Crippen molar-refractivity contribution in [3.63, 3.8) is 0 Å². The lowest BCUT2D eigenvalue weighted by molar-refractivity contribution is -0.142. The van der Waals surface area contributed by atoms with E-state index in [4.69, 9.17) is 9.15 Å². The summed E-state index contributed by atoms with van der Waals surface area (Å²) in [5.41, 5.74) is 1.10. The molecule has 7 heteroatoms. The Kier molecular flexibility index (Phi) is 4.63. The fraction of sp³-hybridized carbons (Fsp3) is 0.467. The number of aromatic nitrogens is 1. The fourth-order valence-corrected chi connectivity index (χ4v) is 3.68. The average molecular weight is 324 g/mol. The van der Waals surface area contributed by atoms with Gasteiger partial charge in [-0.25, -0.2) is 9.37 Å².